The number of benzene rings is 2. The Labute approximate surface area is 140 Å². The first kappa shape index (κ1) is 16.3. The summed E-state index contributed by atoms with van der Waals surface area (Å²) in [6.07, 6.45) is 0. The van der Waals surface area contributed by atoms with Crippen LogP contribution < -0.4 is 10.9 Å². The predicted octanol–water partition coefficient (Wildman–Crippen LogP) is 2.43. The minimum atomic E-state index is -1.03. The molecule has 126 valence electrons. The van der Waals surface area contributed by atoms with E-state index in [9.17, 15) is 18.4 Å². The summed E-state index contributed by atoms with van der Waals surface area (Å²) in [5, 5.41) is 6.57. The van der Waals surface area contributed by atoms with Crippen molar-refractivity contribution in [3.8, 4) is 11.3 Å². The van der Waals surface area contributed by atoms with E-state index in [2.05, 4.69) is 21.0 Å². The van der Waals surface area contributed by atoms with Crippen molar-refractivity contribution in [3.05, 3.63) is 77.5 Å². The van der Waals surface area contributed by atoms with Crippen LogP contribution >= 0.6 is 0 Å². The molecule has 3 N–H and O–H groups in total. The molecule has 3 rings (SSSR count). The van der Waals surface area contributed by atoms with E-state index in [1.807, 2.05) is 30.3 Å². The summed E-state index contributed by atoms with van der Waals surface area (Å²) in [5.41, 5.74) is 5.28. The van der Waals surface area contributed by atoms with Gasteiger partial charge in [-0.05, 0) is 18.2 Å². The highest BCUT2D eigenvalue weighted by Crippen LogP contribution is 2.16. The molecule has 0 saturated heterocycles. The molecule has 25 heavy (non-hydrogen) atoms. The first-order chi connectivity index (χ1) is 12.0. The molecule has 1 heterocycles. The van der Waals surface area contributed by atoms with Crippen LogP contribution in [-0.4, -0.2) is 22.0 Å². The summed E-state index contributed by atoms with van der Waals surface area (Å²) in [5.74, 6) is -3.40. The van der Waals surface area contributed by atoms with Crippen LogP contribution in [-0.2, 0) is 0 Å². The van der Waals surface area contributed by atoms with Gasteiger partial charge in [0.1, 0.15) is 17.3 Å². The molecule has 2 amide bonds. The maximum absolute atomic E-state index is 13.5. The van der Waals surface area contributed by atoms with E-state index < -0.39 is 29.0 Å². The summed E-state index contributed by atoms with van der Waals surface area (Å²) in [6.45, 7) is 0. The van der Waals surface area contributed by atoms with Crippen molar-refractivity contribution < 1.29 is 18.4 Å². The number of aromatic amines is 1. The lowest BCUT2D eigenvalue weighted by Crippen LogP contribution is -2.42. The maximum Gasteiger partial charge on any atom is 0.287 e. The number of hydrogen-bond donors (Lipinski definition) is 3. The molecule has 0 saturated carbocycles. The second-order valence-electron chi connectivity index (χ2n) is 5.07. The molecule has 0 spiro atoms. The Hall–Kier alpha value is -3.55. The number of H-pyrrole nitrogens is 1. The van der Waals surface area contributed by atoms with E-state index in [0.717, 1.165) is 17.7 Å². The molecule has 1 aromatic heterocycles. The Morgan fingerprint density at radius 1 is 0.920 bits per heavy atom. The Balaban J connectivity index is 1.65. The number of amides is 2. The van der Waals surface area contributed by atoms with E-state index in [1.165, 1.54) is 6.07 Å². The number of carbonyl (C=O) groups excluding carboxylic acids is 2. The Morgan fingerprint density at radius 3 is 2.36 bits per heavy atom. The van der Waals surface area contributed by atoms with E-state index in [-0.39, 0.29) is 5.69 Å². The molecule has 0 bridgehead atoms. The number of nitrogens with one attached hydrogen (secondary N) is 3. The van der Waals surface area contributed by atoms with Crippen LogP contribution in [0, 0.1) is 11.6 Å². The highest BCUT2D eigenvalue weighted by atomic mass is 19.1. The molecule has 6 nitrogen and oxygen atoms in total. The van der Waals surface area contributed by atoms with Gasteiger partial charge in [-0.1, -0.05) is 30.3 Å². The average Bonchev–Trinajstić information content (AvgIpc) is 3.10. The summed E-state index contributed by atoms with van der Waals surface area (Å²) < 4.78 is 26.3. The van der Waals surface area contributed by atoms with Gasteiger partial charge in [-0.2, -0.15) is 5.10 Å². The van der Waals surface area contributed by atoms with Crippen molar-refractivity contribution in [2.45, 2.75) is 0 Å². The van der Waals surface area contributed by atoms with Gasteiger partial charge in [0.15, 0.2) is 0 Å². The van der Waals surface area contributed by atoms with Crippen LogP contribution in [0.1, 0.15) is 20.8 Å². The Kier molecular flexibility index (Phi) is 4.51. The third kappa shape index (κ3) is 3.69. The number of rotatable bonds is 3. The minimum absolute atomic E-state index is 0.110. The third-order valence-corrected chi connectivity index (χ3v) is 3.36. The highest BCUT2D eigenvalue weighted by Gasteiger charge is 2.15. The number of nitrogens with zero attached hydrogens (tertiary/aromatic N) is 1. The van der Waals surface area contributed by atoms with Crippen LogP contribution in [0.3, 0.4) is 0 Å². The Bertz CT molecular complexity index is 925. The van der Waals surface area contributed by atoms with Crippen LogP contribution in [0.15, 0.2) is 54.6 Å². The first-order valence-corrected chi connectivity index (χ1v) is 7.21. The fraction of sp³-hybridized carbons (Fsp3) is 0. The number of hydrazine groups is 1. The Morgan fingerprint density at radius 2 is 1.64 bits per heavy atom. The minimum Gasteiger partial charge on any atom is -0.272 e. The van der Waals surface area contributed by atoms with Gasteiger partial charge in [0.05, 0.1) is 11.3 Å². The normalized spacial score (nSPS) is 10.3. The standard InChI is InChI=1S/C17H12F2N4O2/c18-11-6-7-12(13(19)8-11)16(24)22-23-17(25)15-9-14(20-21-15)10-4-2-1-3-5-10/h1-9H,(H,20,21)(H,22,24)(H,23,25). The van der Waals surface area contributed by atoms with Crippen molar-refractivity contribution in [2.75, 3.05) is 0 Å². The van der Waals surface area contributed by atoms with Gasteiger partial charge < -0.3 is 0 Å². The largest absolute Gasteiger partial charge is 0.287 e. The molecule has 2 aromatic carbocycles. The molecule has 8 heteroatoms. The molecule has 0 aliphatic heterocycles. The topological polar surface area (TPSA) is 86.9 Å². The van der Waals surface area contributed by atoms with Crippen molar-refractivity contribution in [1.82, 2.24) is 21.0 Å². The van der Waals surface area contributed by atoms with E-state index in [4.69, 9.17) is 0 Å². The van der Waals surface area contributed by atoms with Crippen LogP contribution in [0.4, 0.5) is 8.78 Å². The molecular weight excluding hydrogens is 330 g/mol. The van der Waals surface area contributed by atoms with Crippen LogP contribution in [0.5, 0.6) is 0 Å². The van der Waals surface area contributed by atoms with Crippen molar-refractivity contribution in [3.63, 3.8) is 0 Å². The average molecular weight is 342 g/mol. The summed E-state index contributed by atoms with van der Waals surface area (Å²) >= 11 is 0. The fourth-order valence-electron chi connectivity index (χ4n) is 2.12. The fourth-order valence-corrected chi connectivity index (χ4v) is 2.12. The smallest absolute Gasteiger partial charge is 0.272 e. The van der Waals surface area contributed by atoms with E-state index in [1.54, 1.807) is 0 Å². The van der Waals surface area contributed by atoms with Crippen molar-refractivity contribution >= 4 is 11.8 Å². The molecule has 0 aliphatic rings. The highest BCUT2D eigenvalue weighted by molar-refractivity contribution is 5.98. The van der Waals surface area contributed by atoms with Gasteiger partial charge in [-0.15, -0.1) is 0 Å². The lowest BCUT2D eigenvalue weighted by atomic mass is 10.1. The van der Waals surface area contributed by atoms with E-state index >= 15 is 0 Å². The third-order valence-electron chi connectivity index (χ3n) is 3.36. The number of hydrogen-bond acceptors (Lipinski definition) is 3. The molecule has 0 radical (unpaired) electrons. The summed E-state index contributed by atoms with van der Waals surface area (Å²) in [7, 11) is 0. The van der Waals surface area contributed by atoms with Crippen LogP contribution in [0.25, 0.3) is 11.3 Å². The van der Waals surface area contributed by atoms with Crippen molar-refractivity contribution in [1.29, 1.82) is 0 Å². The molecule has 3 aromatic rings. The second kappa shape index (κ2) is 6.91. The van der Waals surface area contributed by atoms with Gasteiger partial charge in [-0.3, -0.25) is 25.5 Å². The van der Waals surface area contributed by atoms with Gasteiger partial charge in [0.2, 0.25) is 0 Å². The zero-order valence-electron chi connectivity index (χ0n) is 12.7. The predicted molar refractivity (Wildman–Crippen MR) is 85.3 cm³/mol. The maximum atomic E-state index is 13.5. The SMILES string of the molecule is O=C(NNC(=O)c1ccc(F)cc1F)c1cc(-c2ccccc2)n[nH]1. The zero-order valence-corrected chi connectivity index (χ0v) is 12.7. The van der Waals surface area contributed by atoms with E-state index in [0.29, 0.717) is 11.8 Å². The zero-order chi connectivity index (χ0) is 17.8. The van der Waals surface area contributed by atoms with Gasteiger partial charge in [-0.25, -0.2) is 8.78 Å². The van der Waals surface area contributed by atoms with Crippen LogP contribution in [0.2, 0.25) is 0 Å². The summed E-state index contributed by atoms with van der Waals surface area (Å²) in [4.78, 5) is 23.8. The number of aromatic nitrogens is 2. The van der Waals surface area contributed by atoms with Gasteiger partial charge >= 0.3 is 0 Å². The number of halogens is 2. The lowest BCUT2D eigenvalue weighted by molar-refractivity contribution is 0.0841. The van der Waals surface area contributed by atoms with Gasteiger partial charge in [0.25, 0.3) is 11.8 Å². The molecular formula is C17H12F2N4O2. The monoisotopic (exact) mass is 342 g/mol. The molecule has 0 aliphatic carbocycles. The quantitative estimate of drug-likeness (QED) is 0.639. The molecule has 0 unspecified atom stereocenters. The number of carbonyl (C=O) groups is 2. The first-order valence-electron chi connectivity index (χ1n) is 7.21. The molecule has 0 fully saturated rings. The molecule has 0 atom stereocenters. The summed E-state index contributed by atoms with van der Waals surface area (Å²) in [6, 6.07) is 13.2. The van der Waals surface area contributed by atoms with Gasteiger partial charge in [0, 0.05) is 11.6 Å². The second-order valence-corrected chi connectivity index (χ2v) is 5.07. The van der Waals surface area contributed by atoms with Crippen molar-refractivity contribution in [2.24, 2.45) is 0 Å². The lowest BCUT2D eigenvalue weighted by Gasteiger charge is -2.06.